The first kappa shape index (κ1) is 27.7. The van der Waals surface area contributed by atoms with E-state index in [-0.39, 0.29) is 17.7 Å². The molecule has 3 aromatic rings. The van der Waals surface area contributed by atoms with E-state index < -0.39 is 6.09 Å². The summed E-state index contributed by atoms with van der Waals surface area (Å²) in [4.78, 5) is 33.8. The van der Waals surface area contributed by atoms with E-state index in [0.29, 0.717) is 29.2 Å². The van der Waals surface area contributed by atoms with Crippen molar-refractivity contribution in [3.05, 3.63) is 41.4 Å². The van der Waals surface area contributed by atoms with Crippen molar-refractivity contribution < 1.29 is 9.90 Å². The van der Waals surface area contributed by atoms with Crippen LogP contribution in [0.25, 0.3) is 22.7 Å². The Kier molecular flexibility index (Phi) is 8.14. The Morgan fingerprint density at radius 1 is 1.23 bits per heavy atom. The number of fused-ring (bicyclic) bond motifs is 1. The van der Waals surface area contributed by atoms with Crippen molar-refractivity contribution in [3.8, 4) is 11.5 Å². The number of amides is 1. The van der Waals surface area contributed by atoms with E-state index in [1.165, 1.54) is 30.4 Å². The SMILES string of the molecule is CCC1=CCC(Cn2c(-c3cc(C(C)C)ccn3)nc3nc(C(N)=NC(=O)O)nc(NC(C)C4CCC4)c32)CC1. The highest BCUT2D eigenvalue weighted by molar-refractivity contribution is 6.01. The third-order valence-corrected chi connectivity index (χ3v) is 8.46. The lowest BCUT2D eigenvalue weighted by Crippen LogP contribution is -2.32. The van der Waals surface area contributed by atoms with Crippen molar-refractivity contribution in [2.75, 3.05) is 5.32 Å². The molecular formula is C30H40N8O2. The number of carboxylic acid groups (broad SMARTS) is 1. The average Bonchev–Trinajstić information content (AvgIpc) is 3.26. The second-order valence-corrected chi connectivity index (χ2v) is 11.5. The first-order valence-electron chi connectivity index (χ1n) is 14.5. The minimum atomic E-state index is -1.39. The Morgan fingerprint density at radius 3 is 2.65 bits per heavy atom. The molecule has 10 nitrogen and oxygen atoms in total. The molecule has 212 valence electrons. The average molecular weight is 545 g/mol. The highest BCUT2D eigenvalue weighted by Crippen LogP contribution is 2.35. The molecule has 40 heavy (non-hydrogen) atoms. The van der Waals surface area contributed by atoms with Gasteiger partial charge in [0.1, 0.15) is 11.2 Å². The van der Waals surface area contributed by atoms with E-state index in [0.717, 1.165) is 49.3 Å². The van der Waals surface area contributed by atoms with Crippen molar-refractivity contribution >= 4 is 28.9 Å². The van der Waals surface area contributed by atoms with Crippen LogP contribution in [0, 0.1) is 11.8 Å². The van der Waals surface area contributed by atoms with Crippen molar-refractivity contribution in [2.45, 2.75) is 91.1 Å². The number of rotatable bonds is 9. The molecule has 3 heterocycles. The Morgan fingerprint density at radius 2 is 2.02 bits per heavy atom. The summed E-state index contributed by atoms with van der Waals surface area (Å²) in [5.74, 6) is 2.45. The van der Waals surface area contributed by atoms with Gasteiger partial charge in [-0.3, -0.25) is 4.98 Å². The number of allylic oxidation sites excluding steroid dienone is 2. The van der Waals surface area contributed by atoms with E-state index in [1.807, 2.05) is 12.3 Å². The lowest BCUT2D eigenvalue weighted by Gasteiger charge is -2.32. The summed E-state index contributed by atoms with van der Waals surface area (Å²) in [7, 11) is 0. The summed E-state index contributed by atoms with van der Waals surface area (Å²) in [6.45, 7) is 9.46. The predicted octanol–water partition coefficient (Wildman–Crippen LogP) is 6.13. The van der Waals surface area contributed by atoms with Gasteiger partial charge in [0.05, 0.1) is 0 Å². The minimum absolute atomic E-state index is 0.0477. The fourth-order valence-corrected chi connectivity index (χ4v) is 5.67. The van der Waals surface area contributed by atoms with E-state index in [9.17, 15) is 9.90 Å². The van der Waals surface area contributed by atoms with Crippen LogP contribution in [-0.4, -0.2) is 47.6 Å². The molecule has 5 rings (SSSR count). The van der Waals surface area contributed by atoms with Gasteiger partial charge < -0.3 is 20.7 Å². The molecule has 0 spiro atoms. The van der Waals surface area contributed by atoms with Crippen LogP contribution in [0.3, 0.4) is 0 Å². The Bertz CT molecular complexity index is 1450. The third-order valence-electron chi connectivity index (χ3n) is 8.46. The quantitative estimate of drug-likeness (QED) is 0.166. The first-order valence-corrected chi connectivity index (χ1v) is 14.5. The van der Waals surface area contributed by atoms with Crippen LogP contribution < -0.4 is 11.1 Å². The summed E-state index contributed by atoms with van der Waals surface area (Å²) in [5.41, 5.74) is 10.7. The molecule has 2 aliphatic rings. The van der Waals surface area contributed by atoms with Gasteiger partial charge in [0.25, 0.3) is 0 Å². The fourth-order valence-electron chi connectivity index (χ4n) is 5.67. The molecule has 2 aliphatic carbocycles. The number of pyridine rings is 1. The summed E-state index contributed by atoms with van der Waals surface area (Å²) in [6.07, 6.45) is 10.7. The number of nitrogens with one attached hydrogen (secondary N) is 1. The monoisotopic (exact) mass is 544 g/mol. The Balaban J connectivity index is 1.68. The minimum Gasteiger partial charge on any atom is -0.463 e. The van der Waals surface area contributed by atoms with Crippen LogP contribution in [0.1, 0.15) is 89.9 Å². The molecule has 10 heteroatoms. The first-order chi connectivity index (χ1) is 19.2. The van der Waals surface area contributed by atoms with Crippen LogP contribution in [0.15, 0.2) is 35.0 Å². The Hall–Kier alpha value is -3.82. The number of hydrogen-bond donors (Lipinski definition) is 3. The molecule has 0 saturated heterocycles. The van der Waals surface area contributed by atoms with Gasteiger partial charge in [-0.1, -0.05) is 38.8 Å². The van der Waals surface area contributed by atoms with Gasteiger partial charge >= 0.3 is 6.09 Å². The van der Waals surface area contributed by atoms with E-state index in [1.54, 1.807) is 0 Å². The molecule has 1 saturated carbocycles. The highest BCUT2D eigenvalue weighted by atomic mass is 16.4. The molecule has 2 atom stereocenters. The van der Waals surface area contributed by atoms with E-state index in [2.05, 4.69) is 59.7 Å². The van der Waals surface area contributed by atoms with Crippen LogP contribution >= 0.6 is 0 Å². The number of amidine groups is 1. The van der Waals surface area contributed by atoms with Crippen molar-refractivity contribution in [2.24, 2.45) is 22.6 Å². The van der Waals surface area contributed by atoms with Crippen molar-refractivity contribution in [3.63, 3.8) is 0 Å². The lowest BCUT2D eigenvalue weighted by molar-refractivity contribution is 0.205. The number of imidazole rings is 1. The largest absolute Gasteiger partial charge is 0.463 e. The number of nitrogens with zero attached hydrogens (tertiary/aromatic N) is 6. The fraction of sp³-hybridized carbons (Fsp3) is 0.533. The zero-order valence-corrected chi connectivity index (χ0v) is 23.9. The van der Waals surface area contributed by atoms with Crippen molar-refractivity contribution in [1.82, 2.24) is 24.5 Å². The van der Waals surface area contributed by atoms with Crippen LogP contribution in [0.2, 0.25) is 0 Å². The molecule has 3 aromatic heterocycles. The second kappa shape index (κ2) is 11.7. The maximum absolute atomic E-state index is 11.3. The predicted molar refractivity (Wildman–Crippen MR) is 158 cm³/mol. The summed E-state index contributed by atoms with van der Waals surface area (Å²) in [5, 5.41) is 12.8. The number of aliphatic imine (C=N–C) groups is 1. The van der Waals surface area contributed by atoms with Gasteiger partial charge in [-0.05, 0) is 80.9 Å². The molecule has 0 aliphatic heterocycles. The second-order valence-electron chi connectivity index (χ2n) is 11.5. The Labute approximate surface area is 235 Å². The summed E-state index contributed by atoms with van der Waals surface area (Å²) < 4.78 is 2.21. The van der Waals surface area contributed by atoms with Crippen LogP contribution in [-0.2, 0) is 6.54 Å². The van der Waals surface area contributed by atoms with Gasteiger partial charge in [-0.25, -0.2) is 19.7 Å². The van der Waals surface area contributed by atoms with Crippen LogP contribution in [0.4, 0.5) is 10.6 Å². The normalized spacial score (nSPS) is 19.0. The molecule has 0 bridgehead atoms. The van der Waals surface area contributed by atoms with Gasteiger partial charge in [0, 0.05) is 18.8 Å². The van der Waals surface area contributed by atoms with Gasteiger partial charge in [-0.15, -0.1) is 0 Å². The number of hydrogen-bond acceptors (Lipinski definition) is 6. The van der Waals surface area contributed by atoms with Gasteiger partial charge in [0.2, 0.25) is 0 Å². The maximum Gasteiger partial charge on any atom is 0.433 e. The molecule has 4 N–H and O–H groups in total. The number of aromatic nitrogens is 5. The maximum atomic E-state index is 11.3. The zero-order chi connectivity index (χ0) is 28.4. The van der Waals surface area contributed by atoms with Crippen LogP contribution in [0.5, 0.6) is 0 Å². The smallest absolute Gasteiger partial charge is 0.433 e. The summed E-state index contributed by atoms with van der Waals surface area (Å²) >= 11 is 0. The molecule has 1 fully saturated rings. The number of nitrogens with two attached hydrogens (primary N) is 1. The lowest BCUT2D eigenvalue weighted by atomic mass is 9.80. The number of anilines is 1. The number of carbonyl (C=O) groups is 1. The van der Waals surface area contributed by atoms with Crippen molar-refractivity contribution in [1.29, 1.82) is 0 Å². The van der Waals surface area contributed by atoms with E-state index in [4.69, 9.17) is 20.7 Å². The summed E-state index contributed by atoms with van der Waals surface area (Å²) in [6, 6.07) is 4.31. The van der Waals surface area contributed by atoms with Gasteiger partial charge in [-0.2, -0.15) is 4.99 Å². The third kappa shape index (κ3) is 5.85. The molecule has 1 amide bonds. The van der Waals surface area contributed by atoms with Gasteiger partial charge in [0.15, 0.2) is 28.9 Å². The zero-order valence-electron chi connectivity index (χ0n) is 23.9. The molecular weight excluding hydrogens is 504 g/mol. The molecule has 0 radical (unpaired) electrons. The highest BCUT2D eigenvalue weighted by Gasteiger charge is 2.28. The van der Waals surface area contributed by atoms with E-state index >= 15 is 0 Å². The standard InChI is InChI=1S/C30H40N8O2/c1-5-19-9-11-20(12-10-19)16-38-24-26(33-18(4)21-7-6-8-21)35-28(25(31)34-30(39)40)36-27(24)37-29(38)23-15-22(17(2)3)13-14-32-23/h9,13-15,17-18,20-21H,5-8,10-12,16H2,1-4H3,(H2,31,34)(H,39,40)(H,33,35,36). The molecule has 2 unspecified atom stereocenters. The topological polar surface area (TPSA) is 144 Å². The molecule has 0 aromatic carbocycles.